The SMILES string of the molecule is Cc1nc(CSCC(=O)NCCSCCCO)cs1. The van der Waals surface area contributed by atoms with Crippen molar-refractivity contribution in [3.8, 4) is 0 Å². The zero-order valence-electron chi connectivity index (χ0n) is 11.1. The van der Waals surface area contributed by atoms with Crippen molar-refractivity contribution in [1.82, 2.24) is 10.3 Å². The topological polar surface area (TPSA) is 62.2 Å². The molecule has 1 aromatic heterocycles. The van der Waals surface area contributed by atoms with Crippen molar-refractivity contribution < 1.29 is 9.90 Å². The van der Waals surface area contributed by atoms with Gasteiger partial charge in [0.2, 0.25) is 5.91 Å². The molecule has 0 saturated carbocycles. The van der Waals surface area contributed by atoms with Gasteiger partial charge >= 0.3 is 0 Å². The molecule has 0 aliphatic rings. The largest absolute Gasteiger partial charge is 0.396 e. The van der Waals surface area contributed by atoms with Crippen LogP contribution in [0.4, 0.5) is 0 Å². The normalized spacial score (nSPS) is 10.6. The van der Waals surface area contributed by atoms with Gasteiger partial charge < -0.3 is 10.4 Å². The van der Waals surface area contributed by atoms with E-state index in [9.17, 15) is 4.79 Å². The number of carbonyl (C=O) groups excluding carboxylic acids is 1. The number of amides is 1. The van der Waals surface area contributed by atoms with Crippen LogP contribution < -0.4 is 5.32 Å². The molecule has 1 amide bonds. The van der Waals surface area contributed by atoms with Gasteiger partial charge in [-0.25, -0.2) is 4.98 Å². The predicted octanol–water partition coefficient (Wildman–Crippen LogP) is 1.92. The van der Waals surface area contributed by atoms with Crippen LogP contribution in [0.25, 0.3) is 0 Å². The number of carbonyl (C=O) groups is 1. The number of aliphatic hydroxyl groups excluding tert-OH is 1. The quantitative estimate of drug-likeness (QED) is 0.645. The fraction of sp³-hybridized carbons (Fsp3) is 0.667. The Kier molecular flexibility index (Phi) is 9.32. The number of nitrogens with one attached hydrogen (secondary N) is 1. The molecule has 0 saturated heterocycles. The third-order valence-corrected chi connectivity index (χ3v) is 5.02. The number of thiazole rings is 1. The molecule has 0 aliphatic heterocycles. The predicted molar refractivity (Wildman–Crippen MR) is 85.1 cm³/mol. The maximum atomic E-state index is 11.5. The highest BCUT2D eigenvalue weighted by Crippen LogP contribution is 2.14. The van der Waals surface area contributed by atoms with E-state index in [1.54, 1.807) is 34.9 Å². The van der Waals surface area contributed by atoms with Gasteiger partial charge in [0, 0.05) is 30.0 Å². The molecule has 0 spiro atoms. The van der Waals surface area contributed by atoms with Crippen LogP contribution >= 0.6 is 34.9 Å². The van der Waals surface area contributed by atoms with Crippen molar-refractivity contribution in [2.75, 3.05) is 30.4 Å². The lowest BCUT2D eigenvalue weighted by Gasteiger charge is -2.04. The molecule has 0 aliphatic carbocycles. The Hall–Kier alpha value is -0.240. The molecule has 0 unspecified atom stereocenters. The summed E-state index contributed by atoms with van der Waals surface area (Å²) in [5.41, 5.74) is 1.06. The molecule has 1 heterocycles. The Labute approximate surface area is 126 Å². The van der Waals surface area contributed by atoms with Crippen molar-refractivity contribution >= 4 is 40.8 Å². The zero-order valence-corrected chi connectivity index (χ0v) is 13.5. The molecule has 108 valence electrons. The lowest BCUT2D eigenvalue weighted by atomic mass is 10.5. The Morgan fingerprint density at radius 1 is 1.47 bits per heavy atom. The number of aliphatic hydroxyl groups is 1. The molecule has 0 radical (unpaired) electrons. The number of nitrogens with zero attached hydrogens (tertiary/aromatic N) is 1. The number of thioether (sulfide) groups is 2. The van der Waals surface area contributed by atoms with E-state index >= 15 is 0 Å². The highest BCUT2D eigenvalue weighted by molar-refractivity contribution is 7.99. The Balaban J connectivity index is 1.96. The molecular formula is C12H20N2O2S3. The van der Waals surface area contributed by atoms with Crippen molar-refractivity contribution in [2.24, 2.45) is 0 Å². The first-order valence-electron chi connectivity index (χ1n) is 6.16. The van der Waals surface area contributed by atoms with Crippen molar-refractivity contribution in [1.29, 1.82) is 0 Å². The standard InChI is InChI=1S/C12H20N2O2S3/c1-10-14-11(8-19-10)7-18-9-12(16)13-3-6-17-5-2-4-15/h8,15H,2-7,9H2,1H3,(H,13,16). The van der Waals surface area contributed by atoms with Crippen LogP contribution in [0, 0.1) is 6.92 Å². The smallest absolute Gasteiger partial charge is 0.230 e. The lowest BCUT2D eigenvalue weighted by molar-refractivity contribution is -0.118. The van der Waals surface area contributed by atoms with Gasteiger partial charge in [-0.1, -0.05) is 0 Å². The number of aromatic nitrogens is 1. The van der Waals surface area contributed by atoms with Crippen LogP contribution in [0.2, 0.25) is 0 Å². The van der Waals surface area contributed by atoms with Gasteiger partial charge in [-0.2, -0.15) is 11.8 Å². The van der Waals surface area contributed by atoms with E-state index in [0.29, 0.717) is 12.3 Å². The van der Waals surface area contributed by atoms with Gasteiger partial charge in [-0.05, 0) is 19.1 Å². The molecule has 0 aromatic carbocycles. The maximum Gasteiger partial charge on any atom is 0.230 e. The van der Waals surface area contributed by atoms with E-state index in [-0.39, 0.29) is 12.5 Å². The highest BCUT2D eigenvalue weighted by Gasteiger charge is 2.03. The minimum atomic E-state index is 0.0831. The summed E-state index contributed by atoms with van der Waals surface area (Å²) >= 11 is 4.99. The summed E-state index contributed by atoms with van der Waals surface area (Å²) in [4.78, 5) is 15.9. The van der Waals surface area contributed by atoms with E-state index in [1.807, 2.05) is 12.3 Å². The van der Waals surface area contributed by atoms with Gasteiger partial charge in [0.1, 0.15) is 0 Å². The summed E-state index contributed by atoms with van der Waals surface area (Å²) < 4.78 is 0. The molecule has 0 bridgehead atoms. The van der Waals surface area contributed by atoms with Crippen LogP contribution in [0.1, 0.15) is 17.1 Å². The van der Waals surface area contributed by atoms with Crippen LogP contribution in [0.15, 0.2) is 5.38 Å². The first-order valence-corrected chi connectivity index (χ1v) is 9.35. The second-order valence-corrected chi connectivity index (χ2v) is 7.16. The summed E-state index contributed by atoms with van der Waals surface area (Å²) in [5.74, 6) is 3.21. The second kappa shape index (κ2) is 10.5. The van der Waals surface area contributed by atoms with Gasteiger partial charge in [0.05, 0.1) is 16.5 Å². The number of hydrogen-bond acceptors (Lipinski definition) is 6. The average Bonchev–Trinajstić information content (AvgIpc) is 2.79. The maximum absolute atomic E-state index is 11.5. The highest BCUT2D eigenvalue weighted by atomic mass is 32.2. The third kappa shape index (κ3) is 8.52. The number of rotatable bonds is 10. The molecule has 1 aromatic rings. The Bertz CT molecular complexity index is 372. The third-order valence-electron chi connectivity index (χ3n) is 2.17. The van der Waals surface area contributed by atoms with Gasteiger partial charge in [-0.3, -0.25) is 4.79 Å². The molecule has 4 nitrogen and oxygen atoms in total. The fourth-order valence-electron chi connectivity index (χ4n) is 1.31. The van der Waals surface area contributed by atoms with Crippen LogP contribution in [-0.2, 0) is 10.5 Å². The summed E-state index contributed by atoms with van der Waals surface area (Å²) in [5, 5.41) is 14.6. The van der Waals surface area contributed by atoms with E-state index in [4.69, 9.17) is 5.11 Å². The van der Waals surface area contributed by atoms with E-state index in [1.165, 1.54) is 0 Å². The van der Waals surface area contributed by atoms with Gasteiger partial charge in [0.15, 0.2) is 0 Å². The molecule has 2 N–H and O–H groups in total. The lowest BCUT2D eigenvalue weighted by Crippen LogP contribution is -2.27. The van der Waals surface area contributed by atoms with E-state index in [0.717, 1.165) is 34.4 Å². The zero-order chi connectivity index (χ0) is 13.9. The number of aryl methyl sites for hydroxylation is 1. The molecular weight excluding hydrogens is 300 g/mol. The van der Waals surface area contributed by atoms with Gasteiger partial charge in [0.25, 0.3) is 0 Å². The van der Waals surface area contributed by atoms with E-state index < -0.39 is 0 Å². The Morgan fingerprint density at radius 3 is 3.00 bits per heavy atom. The summed E-state index contributed by atoms with van der Waals surface area (Å²) in [6, 6.07) is 0. The van der Waals surface area contributed by atoms with Crippen molar-refractivity contribution in [3.05, 3.63) is 16.1 Å². The molecule has 0 atom stereocenters. The average molecular weight is 321 g/mol. The van der Waals surface area contributed by atoms with Crippen LogP contribution in [0.3, 0.4) is 0 Å². The summed E-state index contributed by atoms with van der Waals surface area (Å²) in [6.45, 7) is 2.93. The minimum absolute atomic E-state index is 0.0831. The second-order valence-electron chi connectivity index (χ2n) is 3.89. The molecule has 19 heavy (non-hydrogen) atoms. The summed E-state index contributed by atoms with van der Waals surface area (Å²) in [6.07, 6.45) is 0.821. The van der Waals surface area contributed by atoms with Crippen molar-refractivity contribution in [2.45, 2.75) is 19.1 Å². The first kappa shape index (κ1) is 16.8. The number of hydrogen-bond donors (Lipinski definition) is 2. The molecule has 0 fully saturated rings. The minimum Gasteiger partial charge on any atom is -0.396 e. The van der Waals surface area contributed by atoms with Crippen LogP contribution in [-0.4, -0.2) is 46.4 Å². The van der Waals surface area contributed by atoms with Gasteiger partial charge in [-0.15, -0.1) is 23.1 Å². The molecule has 7 heteroatoms. The molecule has 1 rings (SSSR count). The fourth-order valence-corrected chi connectivity index (χ4v) is 3.55. The Morgan fingerprint density at radius 2 is 2.32 bits per heavy atom. The summed E-state index contributed by atoms with van der Waals surface area (Å²) in [7, 11) is 0. The van der Waals surface area contributed by atoms with Crippen molar-refractivity contribution in [3.63, 3.8) is 0 Å². The monoisotopic (exact) mass is 320 g/mol. The van der Waals surface area contributed by atoms with Crippen LogP contribution in [0.5, 0.6) is 0 Å². The van der Waals surface area contributed by atoms with E-state index in [2.05, 4.69) is 10.3 Å². The first-order chi connectivity index (χ1) is 9.22.